The highest BCUT2D eigenvalue weighted by Crippen LogP contribution is 2.35. The Bertz CT molecular complexity index is 1350. The maximum Gasteiger partial charge on any atom is 0.434 e. The van der Waals surface area contributed by atoms with E-state index in [2.05, 4.69) is 15.4 Å². The van der Waals surface area contributed by atoms with Gasteiger partial charge in [0.05, 0.1) is 34.0 Å². The molecule has 0 aliphatic heterocycles. The van der Waals surface area contributed by atoms with Crippen LogP contribution in [0.15, 0.2) is 48.7 Å². The largest absolute Gasteiger partial charge is 0.434 e. The van der Waals surface area contributed by atoms with E-state index in [1.165, 1.54) is 35.9 Å². The summed E-state index contributed by atoms with van der Waals surface area (Å²) in [5.74, 6) is -1.42. The SMILES string of the molecule is Cn1c(NC(=O)c2cnn(-c3ccc(Cl)cc3)c2C(F)(F)F)nc2cc(C(F)(F)F)ccc21. The van der Waals surface area contributed by atoms with Gasteiger partial charge >= 0.3 is 12.4 Å². The first kappa shape index (κ1) is 22.6. The van der Waals surface area contributed by atoms with E-state index in [9.17, 15) is 31.1 Å². The number of aryl methyl sites for hydroxylation is 1. The lowest BCUT2D eigenvalue weighted by atomic mass is 10.2. The van der Waals surface area contributed by atoms with Crippen molar-refractivity contribution in [3.8, 4) is 5.69 Å². The van der Waals surface area contributed by atoms with Gasteiger partial charge in [0.1, 0.15) is 0 Å². The van der Waals surface area contributed by atoms with Gasteiger partial charge in [-0.3, -0.25) is 10.1 Å². The second kappa shape index (κ2) is 7.80. The number of hydrogen-bond acceptors (Lipinski definition) is 3. The molecule has 0 saturated carbocycles. The normalized spacial score (nSPS) is 12.4. The highest BCUT2D eigenvalue weighted by molar-refractivity contribution is 6.30. The summed E-state index contributed by atoms with van der Waals surface area (Å²) < 4.78 is 82.1. The highest BCUT2D eigenvalue weighted by Gasteiger charge is 2.41. The van der Waals surface area contributed by atoms with E-state index in [1.54, 1.807) is 0 Å². The van der Waals surface area contributed by atoms with Gasteiger partial charge in [0.25, 0.3) is 5.91 Å². The number of halogens is 7. The molecule has 0 radical (unpaired) electrons. The van der Waals surface area contributed by atoms with E-state index >= 15 is 0 Å². The first-order valence-corrected chi connectivity index (χ1v) is 9.50. The second-order valence-electron chi connectivity index (χ2n) is 6.94. The van der Waals surface area contributed by atoms with Gasteiger partial charge in [-0.25, -0.2) is 9.67 Å². The number of alkyl halides is 6. The van der Waals surface area contributed by atoms with Crippen molar-refractivity contribution in [3.63, 3.8) is 0 Å². The molecule has 4 aromatic rings. The number of benzene rings is 2. The van der Waals surface area contributed by atoms with Crippen molar-refractivity contribution in [2.24, 2.45) is 7.05 Å². The molecule has 1 amide bonds. The molecule has 0 bridgehead atoms. The molecule has 0 saturated heterocycles. The molecule has 0 atom stereocenters. The summed E-state index contributed by atoms with van der Waals surface area (Å²) >= 11 is 5.77. The Morgan fingerprint density at radius 3 is 2.27 bits per heavy atom. The quantitative estimate of drug-likeness (QED) is 0.377. The Labute approximate surface area is 186 Å². The molecule has 0 aliphatic carbocycles. The molecule has 0 unspecified atom stereocenters. The molecule has 2 aromatic heterocycles. The predicted molar refractivity (Wildman–Crippen MR) is 107 cm³/mol. The third-order valence-corrected chi connectivity index (χ3v) is 5.04. The van der Waals surface area contributed by atoms with Crippen LogP contribution in [-0.4, -0.2) is 25.2 Å². The van der Waals surface area contributed by atoms with Gasteiger partial charge in [-0.2, -0.15) is 31.4 Å². The van der Waals surface area contributed by atoms with Crippen LogP contribution in [0.3, 0.4) is 0 Å². The van der Waals surface area contributed by atoms with E-state index < -0.39 is 35.1 Å². The third-order valence-electron chi connectivity index (χ3n) is 4.79. The molecule has 2 aromatic carbocycles. The zero-order valence-electron chi connectivity index (χ0n) is 16.5. The second-order valence-corrected chi connectivity index (χ2v) is 7.38. The van der Waals surface area contributed by atoms with Crippen LogP contribution < -0.4 is 5.32 Å². The number of hydrogen-bond donors (Lipinski definition) is 1. The van der Waals surface area contributed by atoms with Crippen molar-refractivity contribution in [2.45, 2.75) is 12.4 Å². The van der Waals surface area contributed by atoms with E-state index in [0.717, 1.165) is 24.4 Å². The smallest absolute Gasteiger partial charge is 0.313 e. The standard InChI is InChI=1S/C20H12ClF6N5O/c1-31-15-7-2-10(19(22,23)24)8-14(15)29-18(31)30-17(33)13-9-28-32(16(13)20(25,26)27)12-5-3-11(21)4-6-12/h2-9H,1H3,(H,29,30,33). The molecule has 0 fully saturated rings. The first-order valence-electron chi connectivity index (χ1n) is 9.12. The molecule has 172 valence electrons. The van der Waals surface area contributed by atoms with Gasteiger partial charge in [0, 0.05) is 12.1 Å². The average molecular weight is 488 g/mol. The Kier molecular flexibility index (Phi) is 5.35. The summed E-state index contributed by atoms with van der Waals surface area (Å²) in [5.41, 5.74) is -2.90. The maximum absolute atomic E-state index is 13.8. The summed E-state index contributed by atoms with van der Waals surface area (Å²) in [6.45, 7) is 0. The number of nitrogens with one attached hydrogen (secondary N) is 1. The minimum absolute atomic E-state index is 0.0215. The van der Waals surface area contributed by atoms with Crippen LogP contribution in [0.25, 0.3) is 16.7 Å². The zero-order chi connectivity index (χ0) is 24.1. The Balaban J connectivity index is 1.72. The number of rotatable bonds is 3. The lowest BCUT2D eigenvalue weighted by Crippen LogP contribution is -2.21. The lowest BCUT2D eigenvalue weighted by Gasteiger charge is -2.13. The molecule has 4 rings (SSSR count). The number of carbonyl (C=O) groups is 1. The molecule has 33 heavy (non-hydrogen) atoms. The number of amides is 1. The van der Waals surface area contributed by atoms with Crippen LogP contribution in [0.5, 0.6) is 0 Å². The van der Waals surface area contributed by atoms with Gasteiger partial charge in [0.15, 0.2) is 5.69 Å². The van der Waals surface area contributed by atoms with Crippen LogP contribution in [-0.2, 0) is 19.4 Å². The number of carbonyl (C=O) groups excluding carboxylic acids is 1. The minimum atomic E-state index is -4.95. The molecule has 0 spiro atoms. The molecular formula is C20H12ClF6N5O. The number of fused-ring (bicyclic) bond motifs is 1. The predicted octanol–water partition coefficient (Wildman–Crippen LogP) is 5.70. The summed E-state index contributed by atoms with van der Waals surface area (Å²) in [5, 5.41) is 6.21. The van der Waals surface area contributed by atoms with E-state index in [1.807, 2.05) is 0 Å². The fraction of sp³-hybridized carbons (Fsp3) is 0.150. The van der Waals surface area contributed by atoms with Gasteiger partial charge in [-0.1, -0.05) is 11.6 Å². The fourth-order valence-corrected chi connectivity index (χ4v) is 3.35. The Morgan fingerprint density at radius 1 is 1.00 bits per heavy atom. The molecule has 2 heterocycles. The van der Waals surface area contributed by atoms with Crippen molar-refractivity contribution >= 4 is 34.5 Å². The number of anilines is 1. The Hall–Kier alpha value is -3.54. The van der Waals surface area contributed by atoms with Crippen molar-refractivity contribution in [1.29, 1.82) is 0 Å². The first-order chi connectivity index (χ1) is 15.4. The van der Waals surface area contributed by atoms with Crippen LogP contribution >= 0.6 is 11.6 Å². The van der Waals surface area contributed by atoms with Crippen molar-refractivity contribution in [1.82, 2.24) is 19.3 Å². The number of imidazole rings is 1. The van der Waals surface area contributed by atoms with Crippen LogP contribution in [0.4, 0.5) is 32.3 Å². The number of aromatic nitrogens is 4. The molecule has 1 N–H and O–H groups in total. The fourth-order valence-electron chi connectivity index (χ4n) is 3.22. The topological polar surface area (TPSA) is 64.7 Å². The molecule has 0 aliphatic rings. The summed E-state index contributed by atoms with van der Waals surface area (Å²) in [6.07, 6.45) is -8.80. The van der Waals surface area contributed by atoms with Gasteiger partial charge < -0.3 is 4.57 Å². The zero-order valence-corrected chi connectivity index (χ0v) is 17.2. The van der Waals surface area contributed by atoms with Gasteiger partial charge in [-0.15, -0.1) is 0 Å². The van der Waals surface area contributed by atoms with Crippen molar-refractivity contribution < 1.29 is 31.1 Å². The maximum atomic E-state index is 13.8. The van der Waals surface area contributed by atoms with Crippen molar-refractivity contribution in [3.05, 3.63) is 70.5 Å². The van der Waals surface area contributed by atoms with E-state index in [-0.39, 0.29) is 22.7 Å². The Morgan fingerprint density at radius 2 is 1.67 bits per heavy atom. The summed E-state index contributed by atoms with van der Waals surface area (Å²) in [4.78, 5) is 16.6. The van der Waals surface area contributed by atoms with E-state index in [0.29, 0.717) is 9.70 Å². The summed E-state index contributed by atoms with van der Waals surface area (Å²) in [6, 6.07) is 8.12. The monoisotopic (exact) mass is 487 g/mol. The lowest BCUT2D eigenvalue weighted by molar-refractivity contribution is -0.143. The molecule has 13 heteroatoms. The van der Waals surface area contributed by atoms with Crippen molar-refractivity contribution in [2.75, 3.05) is 5.32 Å². The van der Waals surface area contributed by atoms with Crippen LogP contribution in [0.1, 0.15) is 21.6 Å². The molecule has 6 nitrogen and oxygen atoms in total. The van der Waals surface area contributed by atoms with Crippen LogP contribution in [0.2, 0.25) is 5.02 Å². The molecular weight excluding hydrogens is 476 g/mol. The minimum Gasteiger partial charge on any atom is -0.313 e. The van der Waals surface area contributed by atoms with Gasteiger partial charge in [0.2, 0.25) is 5.95 Å². The summed E-state index contributed by atoms with van der Waals surface area (Å²) in [7, 11) is 1.40. The van der Waals surface area contributed by atoms with Crippen LogP contribution in [0, 0.1) is 0 Å². The van der Waals surface area contributed by atoms with E-state index in [4.69, 9.17) is 11.6 Å². The number of nitrogens with zero attached hydrogens (tertiary/aromatic N) is 4. The highest BCUT2D eigenvalue weighted by atomic mass is 35.5. The third kappa shape index (κ3) is 4.25. The van der Waals surface area contributed by atoms with Gasteiger partial charge in [-0.05, 0) is 42.5 Å². The average Bonchev–Trinajstić information content (AvgIpc) is 3.30.